The van der Waals surface area contributed by atoms with Crippen LogP contribution >= 0.6 is 11.3 Å². The monoisotopic (exact) mass is 241 g/mol. The number of carbonyl (C=O) groups is 1. The normalized spacial score (nSPS) is 11.5. The zero-order valence-corrected chi connectivity index (χ0v) is 10.1. The standard InChI is InChI=1S/C10H15N3O2S/c1-3-7-4-5-8(16-7)10(14)13(2)6-9(11)12-15/h4-5,15H,3,6H2,1-2H3,(H2,11,12). The first-order chi connectivity index (χ1) is 7.58. The summed E-state index contributed by atoms with van der Waals surface area (Å²) in [6, 6.07) is 3.74. The lowest BCUT2D eigenvalue weighted by atomic mass is 10.3. The molecule has 0 aliphatic heterocycles. The number of amidine groups is 1. The number of thiophene rings is 1. The molecule has 1 amide bonds. The second-order valence-corrected chi connectivity index (χ2v) is 4.54. The van der Waals surface area contributed by atoms with Gasteiger partial charge in [0.2, 0.25) is 0 Å². The Bertz CT molecular complexity index is 401. The summed E-state index contributed by atoms with van der Waals surface area (Å²) in [6.07, 6.45) is 0.919. The molecule has 88 valence electrons. The molecule has 0 aliphatic carbocycles. The molecule has 0 aromatic carbocycles. The van der Waals surface area contributed by atoms with Crippen molar-refractivity contribution in [2.24, 2.45) is 10.9 Å². The van der Waals surface area contributed by atoms with Gasteiger partial charge in [0.1, 0.15) is 0 Å². The molecule has 1 heterocycles. The fraction of sp³-hybridized carbons (Fsp3) is 0.400. The molecule has 0 saturated carbocycles. The molecule has 3 N–H and O–H groups in total. The van der Waals surface area contributed by atoms with Crippen LogP contribution in [0, 0.1) is 0 Å². The maximum atomic E-state index is 11.9. The van der Waals surface area contributed by atoms with Crippen molar-refractivity contribution >= 4 is 23.1 Å². The average molecular weight is 241 g/mol. The van der Waals surface area contributed by atoms with Crippen LogP contribution in [0.25, 0.3) is 0 Å². The van der Waals surface area contributed by atoms with Gasteiger partial charge in [-0.2, -0.15) is 0 Å². The maximum Gasteiger partial charge on any atom is 0.264 e. The predicted octanol–water partition coefficient (Wildman–Crippen LogP) is 1.13. The summed E-state index contributed by atoms with van der Waals surface area (Å²) in [7, 11) is 1.62. The van der Waals surface area contributed by atoms with Gasteiger partial charge >= 0.3 is 0 Å². The van der Waals surface area contributed by atoms with Gasteiger partial charge in [0.05, 0.1) is 11.4 Å². The number of hydrogen-bond acceptors (Lipinski definition) is 4. The van der Waals surface area contributed by atoms with Gasteiger partial charge in [-0.15, -0.1) is 11.3 Å². The van der Waals surface area contributed by atoms with Gasteiger partial charge in [0, 0.05) is 11.9 Å². The number of hydrogen-bond donors (Lipinski definition) is 2. The smallest absolute Gasteiger partial charge is 0.264 e. The van der Waals surface area contributed by atoms with Crippen LogP contribution in [0.2, 0.25) is 0 Å². The van der Waals surface area contributed by atoms with Gasteiger partial charge in [-0.1, -0.05) is 12.1 Å². The minimum Gasteiger partial charge on any atom is -0.409 e. The summed E-state index contributed by atoms with van der Waals surface area (Å²) >= 11 is 1.47. The van der Waals surface area contributed by atoms with Crippen LogP contribution < -0.4 is 5.73 Å². The van der Waals surface area contributed by atoms with Crippen molar-refractivity contribution in [1.82, 2.24) is 4.90 Å². The lowest BCUT2D eigenvalue weighted by Crippen LogP contribution is -2.35. The van der Waals surface area contributed by atoms with Crippen LogP contribution in [0.15, 0.2) is 17.3 Å². The van der Waals surface area contributed by atoms with E-state index in [-0.39, 0.29) is 18.3 Å². The third-order valence-electron chi connectivity index (χ3n) is 2.10. The SMILES string of the molecule is CCc1ccc(C(=O)N(C)CC(N)=NO)s1. The maximum absolute atomic E-state index is 11.9. The minimum atomic E-state index is -0.115. The molecule has 16 heavy (non-hydrogen) atoms. The molecule has 0 radical (unpaired) electrons. The number of rotatable bonds is 4. The average Bonchev–Trinajstić information content (AvgIpc) is 2.76. The summed E-state index contributed by atoms with van der Waals surface area (Å²) in [4.78, 5) is 15.1. The van der Waals surface area contributed by atoms with E-state index in [2.05, 4.69) is 5.16 Å². The largest absolute Gasteiger partial charge is 0.409 e. The lowest BCUT2D eigenvalue weighted by molar-refractivity contribution is 0.0818. The van der Waals surface area contributed by atoms with Crippen LogP contribution in [0.3, 0.4) is 0 Å². The zero-order chi connectivity index (χ0) is 12.1. The van der Waals surface area contributed by atoms with Gasteiger partial charge in [-0.05, 0) is 18.6 Å². The molecular formula is C10H15N3O2S. The molecule has 0 fully saturated rings. The van der Waals surface area contributed by atoms with Crippen molar-refractivity contribution < 1.29 is 10.0 Å². The van der Waals surface area contributed by atoms with E-state index in [1.807, 2.05) is 13.0 Å². The van der Waals surface area contributed by atoms with Gasteiger partial charge in [0.15, 0.2) is 5.84 Å². The van der Waals surface area contributed by atoms with Crippen LogP contribution in [0.1, 0.15) is 21.5 Å². The molecule has 5 nitrogen and oxygen atoms in total. The topological polar surface area (TPSA) is 78.9 Å². The Kier molecular flexibility index (Phi) is 4.30. The van der Waals surface area contributed by atoms with Crippen molar-refractivity contribution in [3.8, 4) is 0 Å². The first-order valence-corrected chi connectivity index (χ1v) is 5.70. The van der Waals surface area contributed by atoms with E-state index < -0.39 is 0 Å². The van der Waals surface area contributed by atoms with Crippen LogP contribution in [0.5, 0.6) is 0 Å². The van der Waals surface area contributed by atoms with Crippen LogP contribution in [-0.2, 0) is 6.42 Å². The summed E-state index contributed by atoms with van der Waals surface area (Å²) in [5, 5.41) is 11.2. The van der Waals surface area contributed by atoms with Crippen LogP contribution in [0.4, 0.5) is 0 Å². The molecule has 1 rings (SSSR count). The number of amides is 1. The Morgan fingerprint density at radius 1 is 1.62 bits per heavy atom. The molecule has 0 bridgehead atoms. The molecule has 0 spiro atoms. The predicted molar refractivity (Wildman–Crippen MR) is 64.1 cm³/mol. The molecule has 0 aliphatic rings. The van der Waals surface area contributed by atoms with Gasteiger partial charge in [0.25, 0.3) is 5.91 Å². The first-order valence-electron chi connectivity index (χ1n) is 4.89. The van der Waals surface area contributed by atoms with Crippen molar-refractivity contribution in [3.05, 3.63) is 21.9 Å². The summed E-state index contributed by atoms with van der Waals surface area (Å²) in [5.74, 6) is -0.0978. The van der Waals surface area contributed by atoms with Crippen LogP contribution in [-0.4, -0.2) is 35.4 Å². The Hall–Kier alpha value is -1.56. The summed E-state index contributed by atoms with van der Waals surface area (Å²) in [6.45, 7) is 2.16. The minimum absolute atomic E-state index is 0.0168. The first kappa shape index (κ1) is 12.5. The second-order valence-electron chi connectivity index (χ2n) is 3.37. The Morgan fingerprint density at radius 2 is 2.31 bits per heavy atom. The second kappa shape index (κ2) is 5.50. The third-order valence-corrected chi connectivity index (χ3v) is 3.31. The number of oxime groups is 1. The lowest BCUT2D eigenvalue weighted by Gasteiger charge is -2.14. The molecule has 1 aromatic heterocycles. The number of carbonyl (C=O) groups excluding carboxylic acids is 1. The van der Waals surface area contributed by atoms with Gasteiger partial charge in [-0.3, -0.25) is 4.79 Å². The Labute approximate surface area is 98.2 Å². The third kappa shape index (κ3) is 2.96. The van der Waals surface area contributed by atoms with E-state index in [1.165, 1.54) is 21.1 Å². The van der Waals surface area contributed by atoms with Crippen molar-refractivity contribution in [2.45, 2.75) is 13.3 Å². The summed E-state index contributed by atoms with van der Waals surface area (Å²) in [5.41, 5.74) is 5.33. The van der Waals surface area contributed by atoms with E-state index in [0.29, 0.717) is 4.88 Å². The fourth-order valence-electron chi connectivity index (χ4n) is 1.22. The van der Waals surface area contributed by atoms with Gasteiger partial charge < -0.3 is 15.8 Å². The Morgan fingerprint density at radius 3 is 2.81 bits per heavy atom. The van der Waals surface area contributed by atoms with E-state index in [1.54, 1.807) is 13.1 Å². The molecule has 0 atom stereocenters. The molecule has 0 saturated heterocycles. The highest BCUT2D eigenvalue weighted by Gasteiger charge is 2.14. The molecule has 6 heteroatoms. The van der Waals surface area contributed by atoms with E-state index in [9.17, 15) is 4.79 Å². The van der Waals surface area contributed by atoms with Crippen molar-refractivity contribution in [1.29, 1.82) is 0 Å². The highest BCUT2D eigenvalue weighted by atomic mass is 32.1. The van der Waals surface area contributed by atoms with Crippen molar-refractivity contribution in [3.63, 3.8) is 0 Å². The highest BCUT2D eigenvalue weighted by Crippen LogP contribution is 2.18. The molecular weight excluding hydrogens is 226 g/mol. The molecule has 1 aromatic rings. The highest BCUT2D eigenvalue weighted by molar-refractivity contribution is 7.14. The van der Waals surface area contributed by atoms with E-state index in [0.717, 1.165) is 6.42 Å². The molecule has 0 unspecified atom stereocenters. The fourth-order valence-corrected chi connectivity index (χ4v) is 2.16. The van der Waals surface area contributed by atoms with E-state index >= 15 is 0 Å². The number of nitrogens with two attached hydrogens (primary N) is 1. The number of aryl methyl sites for hydroxylation is 1. The van der Waals surface area contributed by atoms with Gasteiger partial charge in [-0.25, -0.2) is 0 Å². The van der Waals surface area contributed by atoms with E-state index in [4.69, 9.17) is 10.9 Å². The van der Waals surface area contributed by atoms with Crippen molar-refractivity contribution in [2.75, 3.05) is 13.6 Å². The Balaban J connectivity index is 2.70. The summed E-state index contributed by atoms with van der Waals surface area (Å²) < 4.78 is 0. The quantitative estimate of drug-likeness (QED) is 0.359. The number of likely N-dealkylation sites (N-methyl/N-ethyl adjacent to an activating group) is 1. The zero-order valence-electron chi connectivity index (χ0n) is 9.30. The number of nitrogens with zero attached hydrogens (tertiary/aromatic N) is 2.